The molecule has 0 saturated carbocycles. The predicted octanol–water partition coefficient (Wildman–Crippen LogP) is 1.71. The van der Waals surface area contributed by atoms with Gasteiger partial charge in [0.25, 0.3) is 0 Å². The molecule has 1 unspecified atom stereocenters. The topological polar surface area (TPSA) is 53.4 Å². The highest BCUT2D eigenvalue weighted by Gasteiger charge is 2.32. The van der Waals surface area contributed by atoms with Gasteiger partial charge >= 0.3 is 5.97 Å². The van der Waals surface area contributed by atoms with Crippen LogP contribution in [-0.4, -0.2) is 43.3 Å². The number of esters is 1. The molecule has 1 saturated heterocycles. The van der Waals surface area contributed by atoms with E-state index in [1.807, 2.05) is 6.92 Å². The average Bonchev–Trinajstić information content (AvgIpc) is 2.35. The van der Waals surface area contributed by atoms with Gasteiger partial charge in [0.1, 0.15) is 0 Å². The summed E-state index contributed by atoms with van der Waals surface area (Å²) in [7, 11) is 1.44. The molecular weight excluding hydrogens is 216 g/mol. The molecule has 0 amide bonds. The van der Waals surface area contributed by atoms with Gasteiger partial charge < -0.3 is 10.1 Å². The number of hydrogen-bond donors (Lipinski definition) is 1. The molecule has 1 heterocycles. The molecule has 1 fully saturated rings. The molecule has 4 heteroatoms. The third-order valence-corrected chi connectivity index (χ3v) is 3.49. The first-order valence-electron chi connectivity index (χ1n) is 6.00. The fourth-order valence-corrected chi connectivity index (χ4v) is 2.40. The molecule has 1 aliphatic heterocycles. The Labute approximate surface area is 103 Å². The van der Waals surface area contributed by atoms with Gasteiger partial charge in [0.05, 0.1) is 13.0 Å². The Morgan fingerprint density at radius 3 is 2.76 bits per heavy atom. The van der Waals surface area contributed by atoms with Gasteiger partial charge in [-0.2, -0.15) is 0 Å². The van der Waals surface area contributed by atoms with E-state index >= 15 is 0 Å². The van der Waals surface area contributed by atoms with Crippen molar-refractivity contribution in [3.63, 3.8) is 0 Å². The zero-order chi connectivity index (χ0) is 13.0. The molecule has 1 rings (SSSR count). The first-order valence-corrected chi connectivity index (χ1v) is 6.00. The molecule has 0 aromatic carbocycles. The summed E-state index contributed by atoms with van der Waals surface area (Å²) in [4.78, 5) is 13.8. The lowest BCUT2D eigenvalue weighted by atomic mass is 9.89. The maximum absolute atomic E-state index is 11.6. The molecular formula is C13H22N2O2. The maximum atomic E-state index is 11.6. The van der Waals surface area contributed by atoms with Gasteiger partial charge in [0.15, 0.2) is 0 Å². The van der Waals surface area contributed by atoms with Crippen LogP contribution < -0.4 is 0 Å². The molecule has 0 aromatic rings. The zero-order valence-electron chi connectivity index (χ0n) is 10.9. The summed E-state index contributed by atoms with van der Waals surface area (Å²) in [5.41, 5.74) is 0.780. The number of nitrogens with zero attached hydrogens (tertiary/aromatic N) is 1. The lowest BCUT2D eigenvalue weighted by molar-refractivity contribution is -0.148. The Hall–Kier alpha value is -1.16. The Bertz CT molecular complexity index is 315. The van der Waals surface area contributed by atoms with E-state index in [1.165, 1.54) is 13.3 Å². The van der Waals surface area contributed by atoms with Gasteiger partial charge in [-0.05, 0) is 24.8 Å². The van der Waals surface area contributed by atoms with Crippen LogP contribution in [0.2, 0.25) is 0 Å². The minimum absolute atomic E-state index is 0.0512. The SMILES string of the molecule is C=C(C=N)C(C)N1C[C@H](C)C[C@@H](C(=O)OC)C1. The van der Waals surface area contributed by atoms with Crippen molar-refractivity contribution in [2.24, 2.45) is 11.8 Å². The first-order chi connectivity index (χ1) is 7.99. The number of carbonyl (C=O) groups is 1. The van der Waals surface area contributed by atoms with Crippen LogP contribution in [0.1, 0.15) is 20.3 Å². The number of hydrogen-bond acceptors (Lipinski definition) is 4. The van der Waals surface area contributed by atoms with Gasteiger partial charge in [0, 0.05) is 25.3 Å². The summed E-state index contributed by atoms with van der Waals surface area (Å²) < 4.78 is 4.82. The molecule has 0 aliphatic carbocycles. The number of ether oxygens (including phenoxy) is 1. The van der Waals surface area contributed by atoms with Crippen molar-refractivity contribution in [1.29, 1.82) is 5.41 Å². The van der Waals surface area contributed by atoms with Crippen molar-refractivity contribution in [3.05, 3.63) is 12.2 Å². The van der Waals surface area contributed by atoms with E-state index in [4.69, 9.17) is 10.1 Å². The van der Waals surface area contributed by atoms with Crippen LogP contribution in [0.4, 0.5) is 0 Å². The molecule has 0 bridgehead atoms. The van der Waals surface area contributed by atoms with Crippen molar-refractivity contribution in [1.82, 2.24) is 4.90 Å². The third-order valence-electron chi connectivity index (χ3n) is 3.49. The molecule has 1 aliphatic rings. The van der Waals surface area contributed by atoms with E-state index < -0.39 is 0 Å². The van der Waals surface area contributed by atoms with Crippen LogP contribution in [-0.2, 0) is 9.53 Å². The molecule has 17 heavy (non-hydrogen) atoms. The average molecular weight is 238 g/mol. The van der Waals surface area contributed by atoms with Crippen molar-refractivity contribution in [2.45, 2.75) is 26.3 Å². The first kappa shape index (κ1) is 13.9. The molecule has 4 nitrogen and oxygen atoms in total. The Morgan fingerprint density at radius 2 is 2.24 bits per heavy atom. The van der Waals surface area contributed by atoms with Crippen LogP contribution >= 0.6 is 0 Å². The highest BCUT2D eigenvalue weighted by atomic mass is 16.5. The van der Waals surface area contributed by atoms with E-state index in [0.717, 1.165) is 18.5 Å². The standard InChI is InChI=1S/C13H22N2O2/c1-9-5-12(13(16)17-4)8-15(7-9)11(3)10(2)6-14/h6,9,11-12,14H,2,5,7-8H2,1,3-4H3/t9-,11?,12-/m1/s1. The number of likely N-dealkylation sites (tertiary alicyclic amines) is 1. The van der Waals surface area contributed by atoms with Crippen molar-refractivity contribution in [2.75, 3.05) is 20.2 Å². The quantitative estimate of drug-likeness (QED) is 0.599. The highest BCUT2D eigenvalue weighted by Crippen LogP contribution is 2.25. The minimum atomic E-state index is -0.130. The number of piperidine rings is 1. The van der Waals surface area contributed by atoms with Gasteiger partial charge in [-0.15, -0.1) is 0 Å². The maximum Gasteiger partial charge on any atom is 0.309 e. The van der Waals surface area contributed by atoms with Crippen molar-refractivity contribution >= 4 is 12.2 Å². The number of rotatable bonds is 4. The van der Waals surface area contributed by atoms with E-state index in [9.17, 15) is 4.79 Å². The lowest BCUT2D eigenvalue weighted by Crippen LogP contribution is -2.47. The molecule has 0 spiro atoms. The molecule has 3 atom stereocenters. The molecule has 1 N–H and O–H groups in total. The van der Waals surface area contributed by atoms with Crippen LogP contribution in [0.25, 0.3) is 0 Å². The van der Waals surface area contributed by atoms with E-state index in [-0.39, 0.29) is 17.9 Å². The lowest BCUT2D eigenvalue weighted by Gasteiger charge is -2.39. The van der Waals surface area contributed by atoms with E-state index in [2.05, 4.69) is 18.4 Å². The van der Waals surface area contributed by atoms with E-state index in [1.54, 1.807) is 0 Å². The van der Waals surface area contributed by atoms with Gasteiger partial charge in [-0.25, -0.2) is 0 Å². The summed E-state index contributed by atoms with van der Waals surface area (Å²) in [5.74, 6) is 0.285. The summed E-state index contributed by atoms with van der Waals surface area (Å²) in [6.45, 7) is 9.68. The Kier molecular flexibility index (Phi) is 4.87. The zero-order valence-corrected chi connectivity index (χ0v) is 10.9. The van der Waals surface area contributed by atoms with Crippen LogP contribution in [0.15, 0.2) is 12.2 Å². The van der Waals surface area contributed by atoms with Crippen LogP contribution in [0, 0.1) is 17.2 Å². The number of carbonyl (C=O) groups excluding carboxylic acids is 1. The minimum Gasteiger partial charge on any atom is -0.469 e. The second kappa shape index (κ2) is 5.96. The van der Waals surface area contributed by atoms with Crippen molar-refractivity contribution in [3.8, 4) is 0 Å². The van der Waals surface area contributed by atoms with Gasteiger partial charge in [0.2, 0.25) is 0 Å². The Balaban J connectivity index is 2.71. The number of nitrogens with one attached hydrogen (secondary N) is 1. The molecule has 0 radical (unpaired) electrons. The van der Waals surface area contributed by atoms with Gasteiger partial charge in [-0.1, -0.05) is 13.5 Å². The summed E-state index contributed by atoms with van der Waals surface area (Å²) in [6, 6.07) is 0.113. The second-order valence-electron chi connectivity index (χ2n) is 4.91. The fourth-order valence-electron chi connectivity index (χ4n) is 2.40. The van der Waals surface area contributed by atoms with Crippen LogP contribution in [0.5, 0.6) is 0 Å². The summed E-state index contributed by atoms with van der Waals surface area (Å²) >= 11 is 0. The van der Waals surface area contributed by atoms with E-state index in [0.29, 0.717) is 12.5 Å². The third kappa shape index (κ3) is 3.40. The highest BCUT2D eigenvalue weighted by molar-refractivity contribution is 5.76. The normalized spacial score (nSPS) is 27.2. The monoisotopic (exact) mass is 238 g/mol. The van der Waals surface area contributed by atoms with Gasteiger partial charge in [-0.3, -0.25) is 9.69 Å². The smallest absolute Gasteiger partial charge is 0.309 e. The Morgan fingerprint density at radius 1 is 1.59 bits per heavy atom. The van der Waals surface area contributed by atoms with Crippen molar-refractivity contribution < 1.29 is 9.53 Å². The summed E-state index contributed by atoms with van der Waals surface area (Å²) in [6.07, 6.45) is 2.17. The predicted molar refractivity (Wildman–Crippen MR) is 68.2 cm³/mol. The second-order valence-corrected chi connectivity index (χ2v) is 4.91. The molecule has 96 valence electrons. The summed E-state index contributed by atoms with van der Waals surface area (Å²) in [5, 5.41) is 7.24. The fraction of sp³-hybridized carbons (Fsp3) is 0.692. The number of methoxy groups -OCH3 is 1. The molecule has 0 aromatic heterocycles. The van der Waals surface area contributed by atoms with Crippen LogP contribution in [0.3, 0.4) is 0 Å². The largest absolute Gasteiger partial charge is 0.469 e.